The van der Waals surface area contributed by atoms with Crippen LogP contribution in [0.1, 0.15) is 25.1 Å². The quantitative estimate of drug-likeness (QED) is 0.753. The SMILES string of the molecule is CCSCC(C)(O)c1cc2cc(N)c(C(F)(F)F)cc2[nH]1. The zero-order chi connectivity index (χ0) is 15.8. The van der Waals surface area contributed by atoms with Crippen LogP contribution < -0.4 is 5.73 Å². The molecule has 7 heteroatoms. The van der Waals surface area contributed by atoms with E-state index in [1.807, 2.05) is 6.92 Å². The Morgan fingerprint density at radius 3 is 2.52 bits per heavy atom. The minimum absolute atomic E-state index is 0.313. The zero-order valence-electron chi connectivity index (χ0n) is 11.7. The maximum Gasteiger partial charge on any atom is 0.418 e. The summed E-state index contributed by atoms with van der Waals surface area (Å²) in [6, 6.07) is 3.90. The third kappa shape index (κ3) is 3.29. The number of aliphatic hydroxyl groups is 1. The summed E-state index contributed by atoms with van der Waals surface area (Å²) in [7, 11) is 0. The van der Waals surface area contributed by atoms with E-state index < -0.39 is 17.3 Å². The average molecular weight is 318 g/mol. The topological polar surface area (TPSA) is 62.0 Å². The lowest BCUT2D eigenvalue weighted by molar-refractivity contribution is -0.136. The van der Waals surface area contributed by atoms with Crippen LogP contribution in [0.4, 0.5) is 18.9 Å². The molecule has 1 atom stereocenters. The number of aromatic nitrogens is 1. The fourth-order valence-corrected chi connectivity index (χ4v) is 2.87. The van der Waals surface area contributed by atoms with E-state index in [0.29, 0.717) is 22.3 Å². The number of anilines is 1. The number of thioether (sulfide) groups is 1. The molecular formula is C14H17F3N2OS. The summed E-state index contributed by atoms with van der Waals surface area (Å²) in [5, 5.41) is 11.0. The highest BCUT2D eigenvalue weighted by molar-refractivity contribution is 7.99. The van der Waals surface area contributed by atoms with E-state index in [1.54, 1.807) is 24.8 Å². The predicted molar refractivity (Wildman–Crippen MR) is 80.3 cm³/mol. The predicted octanol–water partition coefficient (Wildman–Crippen LogP) is 3.73. The van der Waals surface area contributed by atoms with Gasteiger partial charge in [0.05, 0.1) is 5.56 Å². The van der Waals surface area contributed by atoms with Crippen molar-refractivity contribution in [1.29, 1.82) is 0 Å². The number of nitrogen functional groups attached to an aromatic ring is 1. The molecule has 1 aromatic heterocycles. The Labute approximate surface area is 124 Å². The highest BCUT2D eigenvalue weighted by Crippen LogP contribution is 2.37. The van der Waals surface area contributed by atoms with E-state index in [9.17, 15) is 18.3 Å². The molecular weight excluding hydrogens is 301 g/mol. The molecule has 0 bridgehead atoms. The fraction of sp³-hybridized carbons (Fsp3) is 0.429. The molecule has 1 heterocycles. The first kappa shape index (κ1) is 16.0. The molecule has 21 heavy (non-hydrogen) atoms. The number of aromatic amines is 1. The highest BCUT2D eigenvalue weighted by atomic mass is 32.2. The number of halogens is 3. The van der Waals surface area contributed by atoms with Crippen LogP contribution in [0.2, 0.25) is 0 Å². The van der Waals surface area contributed by atoms with Gasteiger partial charge in [0.2, 0.25) is 0 Å². The standard InChI is InChI=1S/C14H17F3N2OS/c1-3-21-7-13(2,20)12-5-8-4-10(18)9(14(15,16)17)6-11(8)19-12/h4-6,19-20H,3,7,18H2,1-2H3. The van der Waals surface area contributed by atoms with Crippen LogP contribution in [-0.2, 0) is 11.8 Å². The molecule has 0 radical (unpaired) electrons. The van der Waals surface area contributed by atoms with Gasteiger partial charge in [-0.05, 0) is 30.9 Å². The summed E-state index contributed by atoms with van der Waals surface area (Å²) in [6.07, 6.45) is -4.50. The van der Waals surface area contributed by atoms with Crippen molar-refractivity contribution in [3.63, 3.8) is 0 Å². The number of benzene rings is 1. The summed E-state index contributed by atoms with van der Waals surface area (Å²) < 4.78 is 38.5. The van der Waals surface area contributed by atoms with E-state index in [4.69, 9.17) is 5.73 Å². The number of nitrogens with one attached hydrogen (secondary N) is 1. The van der Waals surface area contributed by atoms with Gasteiger partial charge in [-0.3, -0.25) is 0 Å². The fourth-order valence-electron chi connectivity index (χ4n) is 2.11. The monoisotopic (exact) mass is 318 g/mol. The van der Waals surface area contributed by atoms with Crippen molar-refractivity contribution in [2.24, 2.45) is 0 Å². The van der Waals surface area contributed by atoms with Crippen LogP contribution in [0.5, 0.6) is 0 Å². The van der Waals surface area contributed by atoms with Crippen molar-refractivity contribution in [1.82, 2.24) is 4.98 Å². The summed E-state index contributed by atoms with van der Waals surface area (Å²) in [5.41, 5.74) is 3.95. The lowest BCUT2D eigenvalue weighted by Gasteiger charge is -2.21. The zero-order valence-corrected chi connectivity index (χ0v) is 12.5. The van der Waals surface area contributed by atoms with Crippen LogP contribution in [-0.4, -0.2) is 21.6 Å². The normalized spacial score (nSPS) is 15.3. The molecule has 0 saturated heterocycles. The van der Waals surface area contributed by atoms with Crippen molar-refractivity contribution in [3.05, 3.63) is 29.5 Å². The maximum absolute atomic E-state index is 12.8. The Kier molecular flexibility index (Phi) is 4.17. The molecule has 1 unspecified atom stereocenters. The first-order chi connectivity index (χ1) is 9.65. The van der Waals surface area contributed by atoms with Gasteiger partial charge in [-0.2, -0.15) is 24.9 Å². The third-order valence-corrected chi connectivity index (χ3v) is 4.44. The van der Waals surface area contributed by atoms with E-state index in [0.717, 1.165) is 11.8 Å². The third-order valence-electron chi connectivity index (χ3n) is 3.26. The van der Waals surface area contributed by atoms with Crippen molar-refractivity contribution in [2.75, 3.05) is 17.2 Å². The molecule has 0 spiro atoms. The number of hydrogen-bond acceptors (Lipinski definition) is 3. The summed E-state index contributed by atoms with van der Waals surface area (Å²) in [5.74, 6) is 1.31. The number of hydrogen-bond donors (Lipinski definition) is 3. The first-order valence-corrected chi connectivity index (χ1v) is 7.60. The average Bonchev–Trinajstić information content (AvgIpc) is 2.77. The lowest BCUT2D eigenvalue weighted by Crippen LogP contribution is -2.24. The molecule has 0 saturated carbocycles. The molecule has 1 aromatic carbocycles. The molecule has 2 aromatic rings. The Balaban J connectivity index is 2.47. The first-order valence-electron chi connectivity index (χ1n) is 6.45. The number of fused-ring (bicyclic) bond motifs is 1. The minimum atomic E-state index is -4.50. The Morgan fingerprint density at radius 1 is 1.29 bits per heavy atom. The van der Waals surface area contributed by atoms with Crippen LogP contribution in [0.3, 0.4) is 0 Å². The molecule has 4 N–H and O–H groups in total. The Hall–Kier alpha value is -1.34. The molecule has 0 aliphatic rings. The molecule has 0 aliphatic carbocycles. The second kappa shape index (κ2) is 5.46. The molecule has 0 amide bonds. The highest BCUT2D eigenvalue weighted by Gasteiger charge is 2.34. The van der Waals surface area contributed by atoms with E-state index >= 15 is 0 Å². The molecule has 3 nitrogen and oxygen atoms in total. The van der Waals surface area contributed by atoms with Crippen LogP contribution in [0.15, 0.2) is 18.2 Å². The number of H-pyrrole nitrogens is 1. The van der Waals surface area contributed by atoms with Gasteiger partial charge in [0, 0.05) is 28.0 Å². The van der Waals surface area contributed by atoms with Gasteiger partial charge in [0.15, 0.2) is 0 Å². The number of nitrogens with two attached hydrogens (primary N) is 1. The number of rotatable bonds is 4. The second-order valence-electron chi connectivity index (χ2n) is 5.12. The van der Waals surface area contributed by atoms with Gasteiger partial charge in [-0.15, -0.1) is 0 Å². The summed E-state index contributed by atoms with van der Waals surface area (Å²) >= 11 is 1.56. The summed E-state index contributed by atoms with van der Waals surface area (Å²) in [6.45, 7) is 3.61. The van der Waals surface area contributed by atoms with Gasteiger partial charge in [-0.1, -0.05) is 6.92 Å². The van der Waals surface area contributed by atoms with Gasteiger partial charge >= 0.3 is 6.18 Å². The molecule has 116 valence electrons. The maximum atomic E-state index is 12.8. The van der Waals surface area contributed by atoms with Gasteiger partial charge in [-0.25, -0.2) is 0 Å². The molecule has 2 rings (SSSR count). The van der Waals surface area contributed by atoms with Crippen LogP contribution in [0.25, 0.3) is 10.9 Å². The smallest absolute Gasteiger partial charge is 0.398 e. The molecule has 0 aliphatic heterocycles. The number of alkyl halides is 3. The van der Waals surface area contributed by atoms with Gasteiger partial charge in [0.1, 0.15) is 5.60 Å². The Morgan fingerprint density at radius 2 is 1.95 bits per heavy atom. The minimum Gasteiger partial charge on any atom is -0.398 e. The second-order valence-corrected chi connectivity index (χ2v) is 6.39. The van der Waals surface area contributed by atoms with Crippen molar-refractivity contribution >= 4 is 28.4 Å². The summed E-state index contributed by atoms with van der Waals surface area (Å²) in [4.78, 5) is 2.87. The van der Waals surface area contributed by atoms with E-state index in [-0.39, 0.29) is 5.69 Å². The van der Waals surface area contributed by atoms with Gasteiger partial charge < -0.3 is 15.8 Å². The van der Waals surface area contributed by atoms with E-state index in [1.165, 1.54) is 6.07 Å². The largest absolute Gasteiger partial charge is 0.418 e. The lowest BCUT2D eigenvalue weighted by atomic mass is 10.1. The van der Waals surface area contributed by atoms with Crippen LogP contribution >= 0.6 is 11.8 Å². The molecule has 0 fully saturated rings. The van der Waals surface area contributed by atoms with Crippen molar-refractivity contribution in [2.45, 2.75) is 25.6 Å². The van der Waals surface area contributed by atoms with Crippen molar-refractivity contribution in [3.8, 4) is 0 Å². The van der Waals surface area contributed by atoms with Crippen molar-refractivity contribution < 1.29 is 18.3 Å². The van der Waals surface area contributed by atoms with Gasteiger partial charge in [0.25, 0.3) is 0 Å². The Bertz CT molecular complexity index is 649. The van der Waals surface area contributed by atoms with E-state index in [2.05, 4.69) is 4.98 Å². The van der Waals surface area contributed by atoms with Crippen LogP contribution in [0, 0.1) is 0 Å².